The SMILES string of the molecule is COC(=O)c1cccc(-c2ccc3c(c2)CCC(CN(CC(O[Si](C)(C)C(C)(C)C)c2cccnc2)C(=O)OC(C)(C)C)O3)c1. The van der Waals surface area contributed by atoms with Crippen molar-refractivity contribution in [2.24, 2.45) is 0 Å². The van der Waals surface area contributed by atoms with Crippen LogP contribution in [0.1, 0.15) is 75.6 Å². The van der Waals surface area contributed by atoms with Crippen LogP contribution in [-0.4, -0.2) is 62.2 Å². The van der Waals surface area contributed by atoms with E-state index in [9.17, 15) is 9.59 Å². The van der Waals surface area contributed by atoms with Gasteiger partial charge in [0.1, 0.15) is 17.5 Å². The number of pyridine rings is 1. The van der Waals surface area contributed by atoms with Crippen molar-refractivity contribution in [1.82, 2.24) is 9.88 Å². The molecule has 4 rings (SSSR count). The van der Waals surface area contributed by atoms with Gasteiger partial charge in [0.05, 0.1) is 31.9 Å². The van der Waals surface area contributed by atoms with Gasteiger partial charge in [0.25, 0.3) is 0 Å². The Morgan fingerprint density at radius 3 is 2.40 bits per heavy atom. The molecule has 0 radical (unpaired) electrons. The number of aromatic nitrogens is 1. The van der Waals surface area contributed by atoms with Gasteiger partial charge in [-0.25, -0.2) is 9.59 Å². The van der Waals surface area contributed by atoms with E-state index < -0.39 is 20.0 Å². The van der Waals surface area contributed by atoms with E-state index in [2.05, 4.69) is 44.9 Å². The summed E-state index contributed by atoms with van der Waals surface area (Å²) in [5.74, 6) is 0.431. The normalized spacial score (nSPS) is 15.8. The van der Waals surface area contributed by atoms with E-state index >= 15 is 0 Å². The van der Waals surface area contributed by atoms with E-state index in [-0.39, 0.29) is 23.2 Å². The lowest BCUT2D eigenvalue weighted by molar-refractivity contribution is 0.00490. The van der Waals surface area contributed by atoms with Crippen molar-refractivity contribution >= 4 is 20.4 Å². The first-order valence-electron chi connectivity index (χ1n) is 15.6. The number of hydrogen-bond donors (Lipinski definition) is 0. The van der Waals surface area contributed by atoms with Crippen molar-refractivity contribution in [2.75, 3.05) is 20.2 Å². The van der Waals surface area contributed by atoms with Crippen LogP contribution in [0.5, 0.6) is 5.75 Å². The lowest BCUT2D eigenvalue weighted by Gasteiger charge is -2.41. The number of carbonyl (C=O) groups excluding carboxylic acids is 2. The van der Waals surface area contributed by atoms with Crippen molar-refractivity contribution in [1.29, 1.82) is 0 Å². The summed E-state index contributed by atoms with van der Waals surface area (Å²) >= 11 is 0. The molecule has 2 heterocycles. The number of carbonyl (C=O) groups is 2. The van der Waals surface area contributed by atoms with Crippen molar-refractivity contribution < 1.29 is 28.2 Å². The molecule has 8 nitrogen and oxygen atoms in total. The summed E-state index contributed by atoms with van der Waals surface area (Å²) in [6.45, 7) is 17.4. The van der Waals surface area contributed by atoms with Crippen molar-refractivity contribution in [3.05, 3.63) is 83.7 Å². The average molecular weight is 633 g/mol. The zero-order valence-electron chi connectivity index (χ0n) is 28.2. The smallest absolute Gasteiger partial charge is 0.410 e. The molecule has 1 aliphatic rings. The molecule has 0 fully saturated rings. The highest BCUT2D eigenvalue weighted by atomic mass is 28.4. The van der Waals surface area contributed by atoms with Crippen LogP contribution in [0.2, 0.25) is 18.1 Å². The number of amides is 1. The minimum absolute atomic E-state index is 0.0140. The molecule has 242 valence electrons. The molecular weight excluding hydrogens is 584 g/mol. The van der Waals surface area contributed by atoms with Crippen LogP contribution < -0.4 is 4.74 Å². The highest BCUT2D eigenvalue weighted by Gasteiger charge is 2.41. The summed E-state index contributed by atoms with van der Waals surface area (Å²) in [7, 11) is -0.827. The van der Waals surface area contributed by atoms with Crippen LogP contribution in [-0.2, 0) is 20.3 Å². The third-order valence-corrected chi connectivity index (χ3v) is 13.0. The van der Waals surface area contributed by atoms with Crippen LogP contribution in [0.15, 0.2) is 67.0 Å². The van der Waals surface area contributed by atoms with E-state index in [1.54, 1.807) is 17.2 Å². The molecule has 1 aliphatic heterocycles. The van der Waals surface area contributed by atoms with Gasteiger partial charge in [0, 0.05) is 12.4 Å². The standard InChI is InChI=1S/C36H48N2O6Si/c1-35(2,3)43-34(40)38(24-32(29-14-11-19-37-22-29)44-45(8,9)36(4,5)6)23-30-17-15-27-20-26(16-18-31(27)42-30)25-12-10-13-28(21-25)33(39)41-7/h10-14,16,18-22,30,32H,15,17,23-24H2,1-9H3. The topological polar surface area (TPSA) is 87.2 Å². The Labute approximate surface area is 269 Å². The monoisotopic (exact) mass is 632 g/mol. The number of fused-ring (bicyclic) bond motifs is 1. The number of nitrogens with zero attached hydrogens (tertiary/aromatic N) is 2. The van der Waals surface area contributed by atoms with Crippen LogP contribution in [0.25, 0.3) is 11.1 Å². The largest absolute Gasteiger partial charge is 0.488 e. The van der Waals surface area contributed by atoms with Gasteiger partial charge < -0.3 is 23.5 Å². The summed E-state index contributed by atoms with van der Waals surface area (Å²) < 4.78 is 24.2. The number of ether oxygens (including phenoxy) is 3. The maximum absolute atomic E-state index is 13.7. The Hall–Kier alpha value is -3.69. The maximum Gasteiger partial charge on any atom is 0.410 e. The fourth-order valence-corrected chi connectivity index (χ4v) is 6.28. The highest BCUT2D eigenvalue weighted by Crippen LogP contribution is 2.40. The number of rotatable bonds is 9. The van der Waals surface area contributed by atoms with E-state index in [1.807, 2.05) is 69.4 Å². The zero-order chi connectivity index (χ0) is 33.0. The Morgan fingerprint density at radius 2 is 1.76 bits per heavy atom. The predicted molar refractivity (Wildman–Crippen MR) is 179 cm³/mol. The molecule has 2 atom stereocenters. The molecule has 0 aliphatic carbocycles. The first-order chi connectivity index (χ1) is 21.1. The quantitative estimate of drug-likeness (QED) is 0.173. The van der Waals surface area contributed by atoms with Crippen LogP contribution in [0.3, 0.4) is 0 Å². The second-order valence-corrected chi connectivity index (χ2v) is 19.0. The molecule has 2 unspecified atom stereocenters. The first kappa shape index (κ1) is 34.2. The van der Waals surface area contributed by atoms with Gasteiger partial charge in [-0.1, -0.05) is 45.0 Å². The second-order valence-electron chi connectivity index (χ2n) is 14.2. The molecule has 0 saturated carbocycles. The van der Waals surface area contributed by atoms with Crippen molar-refractivity contribution in [3.63, 3.8) is 0 Å². The fourth-order valence-electron chi connectivity index (χ4n) is 5.00. The van der Waals surface area contributed by atoms with E-state index in [0.717, 1.165) is 40.8 Å². The molecular formula is C36H48N2O6Si. The van der Waals surface area contributed by atoms with Crippen molar-refractivity contribution in [3.8, 4) is 16.9 Å². The van der Waals surface area contributed by atoms with Gasteiger partial charge >= 0.3 is 12.1 Å². The molecule has 1 aromatic heterocycles. The van der Waals surface area contributed by atoms with Gasteiger partial charge in [-0.3, -0.25) is 4.98 Å². The van der Waals surface area contributed by atoms with Gasteiger partial charge in [-0.2, -0.15) is 0 Å². The fraction of sp³-hybridized carbons (Fsp3) is 0.472. The minimum atomic E-state index is -2.21. The Morgan fingerprint density at radius 1 is 1.02 bits per heavy atom. The Bertz CT molecular complexity index is 1480. The van der Waals surface area contributed by atoms with Crippen LogP contribution in [0, 0.1) is 0 Å². The van der Waals surface area contributed by atoms with E-state index in [4.69, 9.17) is 18.6 Å². The van der Waals surface area contributed by atoms with E-state index in [0.29, 0.717) is 18.7 Å². The lowest BCUT2D eigenvalue weighted by atomic mass is 9.96. The first-order valence-corrected chi connectivity index (χ1v) is 18.5. The van der Waals surface area contributed by atoms with Gasteiger partial charge in [0.2, 0.25) is 0 Å². The predicted octanol–water partition coefficient (Wildman–Crippen LogP) is 8.23. The molecule has 1 amide bonds. The second kappa shape index (κ2) is 13.7. The molecule has 2 aromatic carbocycles. The number of hydrogen-bond acceptors (Lipinski definition) is 7. The van der Waals surface area contributed by atoms with E-state index in [1.165, 1.54) is 7.11 Å². The van der Waals surface area contributed by atoms with Crippen LogP contribution in [0.4, 0.5) is 4.79 Å². The van der Waals surface area contributed by atoms with Crippen molar-refractivity contribution in [2.45, 2.75) is 90.3 Å². The number of methoxy groups -OCH3 is 1. The van der Waals surface area contributed by atoms with Gasteiger partial charge in [0.15, 0.2) is 8.32 Å². The lowest BCUT2D eigenvalue weighted by Crippen LogP contribution is -2.48. The molecule has 3 aromatic rings. The third-order valence-electron chi connectivity index (χ3n) is 8.47. The molecule has 45 heavy (non-hydrogen) atoms. The molecule has 9 heteroatoms. The maximum atomic E-state index is 13.7. The summed E-state index contributed by atoms with van der Waals surface area (Å²) in [6, 6.07) is 17.4. The Kier molecular flexibility index (Phi) is 10.4. The average Bonchev–Trinajstić information content (AvgIpc) is 2.98. The van der Waals surface area contributed by atoms with Gasteiger partial charge in [-0.15, -0.1) is 0 Å². The number of benzene rings is 2. The molecule has 0 N–H and O–H groups in total. The third kappa shape index (κ3) is 8.95. The van der Waals surface area contributed by atoms with Crippen LogP contribution >= 0.6 is 0 Å². The zero-order valence-corrected chi connectivity index (χ0v) is 29.2. The molecule has 0 saturated heterocycles. The number of esters is 1. The highest BCUT2D eigenvalue weighted by molar-refractivity contribution is 6.74. The van der Waals surface area contributed by atoms with Gasteiger partial charge in [-0.05, 0) is 104 Å². The molecule has 0 spiro atoms. The Balaban J connectivity index is 1.57. The summed E-state index contributed by atoms with van der Waals surface area (Å²) in [4.78, 5) is 31.8. The summed E-state index contributed by atoms with van der Waals surface area (Å²) in [5.41, 5.74) is 3.80. The molecule has 0 bridgehead atoms. The number of aryl methyl sites for hydroxylation is 1. The summed E-state index contributed by atoms with van der Waals surface area (Å²) in [5, 5.41) is -0.0140. The minimum Gasteiger partial charge on any atom is -0.488 e. The summed E-state index contributed by atoms with van der Waals surface area (Å²) in [6.07, 6.45) is 4.10.